The maximum atomic E-state index is 5.99. The van der Waals surface area contributed by atoms with Crippen LogP contribution in [0.15, 0.2) is 33.4 Å². The third kappa shape index (κ3) is 3.67. The van der Waals surface area contributed by atoms with Crippen LogP contribution >= 0.6 is 0 Å². The van der Waals surface area contributed by atoms with Gasteiger partial charge < -0.3 is 13.7 Å². The van der Waals surface area contributed by atoms with E-state index in [0.717, 1.165) is 52.4 Å². The van der Waals surface area contributed by atoms with Crippen LogP contribution in [0.1, 0.15) is 34.9 Å². The second kappa shape index (κ2) is 6.91. The van der Waals surface area contributed by atoms with Crippen LogP contribution in [0.5, 0.6) is 5.75 Å². The maximum absolute atomic E-state index is 5.99. The van der Waals surface area contributed by atoms with Gasteiger partial charge in [-0.3, -0.25) is 0 Å². The van der Waals surface area contributed by atoms with E-state index in [-0.39, 0.29) is 0 Å². The lowest BCUT2D eigenvalue weighted by molar-refractivity contribution is 0.296. The van der Waals surface area contributed by atoms with E-state index >= 15 is 0 Å². The van der Waals surface area contributed by atoms with Gasteiger partial charge in [-0.25, -0.2) is 4.98 Å². The van der Waals surface area contributed by atoms with E-state index in [2.05, 4.69) is 36.1 Å². The van der Waals surface area contributed by atoms with Crippen LogP contribution in [0.4, 0.5) is 0 Å². The van der Waals surface area contributed by atoms with Gasteiger partial charge in [0.15, 0.2) is 5.89 Å². The second-order valence-corrected chi connectivity index (χ2v) is 6.08. The van der Waals surface area contributed by atoms with E-state index in [1.165, 1.54) is 0 Å². The first kappa shape index (κ1) is 16.3. The standard InChI is InChI=1S/C19H22N2O3/c1-12-8-16(18-11-23-15(4)20-18)9-13(2)19(12)22-7-5-6-17-10-14(3)21-24-17/h8-11H,5-7H2,1-4H3. The minimum absolute atomic E-state index is 0.643. The molecule has 0 aliphatic rings. The van der Waals surface area contributed by atoms with Gasteiger partial charge in [-0.05, 0) is 50.5 Å². The molecule has 0 spiro atoms. The first-order valence-electron chi connectivity index (χ1n) is 8.11. The largest absolute Gasteiger partial charge is 0.493 e. The molecule has 0 aliphatic carbocycles. The molecule has 24 heavy (non-hydrogen) atoms. The molecule has 0 N–H and O–H groups in total. The number of aromatic nitrogens is 2. The van der Waals surface area contributed by atoms with E-state index in [0.29, 0.717) is 12.5 Å². The number of benzene rings is 1. The number of nitrogens with zero attached hydrogens (tertiary/aromatic N) is 2. The van der Waals surface area contributed by atoms with Gasteiger partial charge in [-0.15, -0.1) is 0 Å². The van der Waals surface area contributed by atoms with E-state index < -0.39 is 0 Å². The Hall–Kier alpha value is -2.56. The van der Waals surface area contributed by atoms with E-state index in [9.17, 15) is 0 Å². The Balaban J connectivity index is 1.63. The van der Waals surface area contributed by atoms with Crippen molar-refractivity contribution in [2.24, 2.45) is 0 Å². The van der Waals surface area contributed by atoms with Crippen molar-refractivity contribution < 1.29 is 13.7 Å². The minimum Gasteiger partial charge on any atom is -0.493 e. The monoisotopic (exact) mass is 326 g/mol. The highest BCUT2D eigenvalue weighted by Gasteiger charge is 2.10. The Morgan fingerprint density at radius 2 is 1.79 bits per heavy atom. The van der Waals surface area contributed by atoms with Gasteiger partial charge in [-0.2, -0.15) is 0 Å². The minimum atomic E-state index is 0.643. The van der Waals surface area contributed by atoms with Gasteiger partial charge in [0.2, 0.25) is 0 Å². The third-order valence-electron chi connectivity index (χ3n) is 3.87. The van der Waals surface area contributed by atoms with E-state index in [1.54, 1.807) is 6.26 Å². The summed E-state index contributed by atoms with van der Waals surface area (Å²) in [5.41, 5.74) is 5.01. The predicted molar refractivity (Wildman–Crippen MR) is 91.2 cm³/mol. The van der Waals surface area contributed by atoms with Crippen LogP contribution in [-0.2, 0) is 6.42 Å². The van der Waals surface area contributed by atoms with Gasteiger partial charge >= 0.3 is 0 Å². The zero-order valence-corrected chi connectivity index (χ0v) is 14.5. The number of aryl methyl sites for hydroxylation is 5. The lowest BCUT2D eigenvalue weighted by atomic mass is 10.0. The van der Waals surface area contributed by atoms with Crippen molar-refractivity contribution in [2.75, 3.05) is 6.61 Å². The van der Waals surface area contributed by atoms with Gasteiger partial charge in [0.25, 0.3) is 0 Å². The van der Waals surface area contributed by atoms with Gasteiger partial charge in [0.1, 0.15) is 23.5 Å². The van der Waals surface area contributed by atoms with E-state index in [1.807, 2.05) is 19.9 Å². The average molecular weight is 326 g/mol. The second-order valence-electron chi connectivity index (χ2n) is 6.08. The molecule has 5 nitrogen and oxygen atoms in total. The highest BCUT2D eigenvalue weighted by atomic mass is 16.5. The van der Waals surface area contributed by atoms with Crippen molar-refractivity contribution >= 4 is 0 Å². The molecule has 1 aromatic carbocycles. The summed E-state index contributed by atoms with van der Waals surface area (Å²) in [4.78, 5) is 4.38. The fourth-order valence-corrected chi connectivity index (χ4v) is 2.78. The summed E-state index contributed by atoms with van der Waals surface area (Å²) >= 11 is 0. The molecule has 3 rings (SSSR count). The molecule has 126 valence electrons. The lowest BCUT2D eigenvalue weighted by Gasteiger charge is -2.13. The van der Waals surface area contributed by atoms with Gasteiger partial charge in [0.05, 0.1) is 12.3 Å². The Morgan fingerprint density at radius 3 is 2.38 bits per heavy atom. The Kier molecular flexibility index (Phi) is 4.69. The van der Waals surface area contributed by atoms with E-state index in [4.69, 9.17) is 13.7 Å². The van der Waals surface area contributed by atoms with Crippen LogP contribution in [-0.4, -0.2) is 16.7 Å². The molecular formula is C19H22N2O3. The van der Waals surface area contributed by atoms with Crippen LogP contribution < -0.4 is 4.74 Å². The number of rotatable bonds is 6. The van der Waals surface area contributed by atoms with Crippen molar-refractivity contribution in [1.29, 1.82) is 0 Å². The topological polar surface area (TPSA) is 61.3 Å². The molecule has 2 aromatic heterocycles. The van der Waals surface area contributed by atoms with Crippen LogP contribution in [0.2, 0.25) is 0 Å². The number of hydrogen-bond acceptors (Lipinski definition) is 5. The molecule has 0 atom stereocenters. The van der Waals surface area contributed by atoms with Gasteiger partial charge in [0, 0.05) is 25.0 Å². The molecule has 2 heterocycles. The molecule has 0 unspecified atom stereocenters. The molecule has 0 saturated carbocycles. The first-order valence-corrected chi connectivity index (χ1v) is 8.11. The molecule has 5 heteroatoms. The molecule has 0 bridgehead atoms. The summed E-state index contributed by atoms with van der Waals surface area (Å²) in [5.74, 6) is 2.51. The molecule has 0 aliphatic heterocycles. The Morgan fingerprint density at radius 1 is 1.04 bits per heavy atom. The zero-order valence-electron chi connectivity index (χ0n) is 14.5. The Bertz CT molecular complexity index is 810. The number of ether oxygens (including phenoxy) is 1. The summed E-state index contributed by atoms with van der Waals surface area (Å²) in [6.07, 6.45) is 3.40. The average Bonchev–Trinajstić information content (AvgIpc) is 3.14. The smallest absolute Gasteiger partial charge is 0.191 e. The number of oxazole rings is 1. The van der Waals surface area contributed by atoms with Crippen molar-refractivity contribution in [2.45, 2.75) is 40.5 Å². The molecular weight excluding hydrogens is 304 g/mol. The quantitative estimate of drug-likeness (QED) is 0.621. The predicted octanol–water partition coefficient (Wildman–Crippen LogP) is 4.57. The summed E-state index contributed by atoms with van der Waals surface area (Å²) in [6, 6.07) is 6.13. The van der Waals surface area contributed by atoms with Gasteiger partial charge in [-0.1, -0.05) is 5.16 Å². The lowest BCUT2D eigenvalue weighted by Crippen LogP contribution is -2.02. The summed E-state index contributed by atoms with van der Waals surface area (Å²) < 4.78 is 16.5. The zero-order chi connectivity index (χ0) is 17.1. The molecule has 0 radical (unpaired) electrons. The number of hydrogen-bond donors (Lipinski definition) is 0. The highest BCUT2D eigenvalue weighted by molar-refractivity contribution is 5.63. The normalized spacial score (nSPS) is 11.0. The summed E-state index contributed by atoms with van der Waals surface area (Å²) in [6.45, 7) is 8.52. The fourth-order valence-electron chi connectivity index (χ4n) is 2.78. The van der Waals surface area contributed by atoms with Crippen LogP contribution in [0, 0.1) is 27.7 Å². The summed E-state index contributed by atoms with van der Waals surface area (Å²) in [7, 11) is 0. The fraction of sp³-hybridized carbons (Fsp3) is 0.368. The first-order chi connectivity index (χ1) is 11.5. The Labute approximate surface area is 141 Å². The molecule has 0 saturated heterocycles. The molecule has 0 amide bonds. The SMILES string of the molecule is Cc1cc(CCCOc2c(C)cc(-c3coc(C)n3)cc2C)on1. The van der Waals surface area contributed by atoms with Crippen molar-refractivity contribution in [3.05, 3.63) is 52.9 Å². The molecule has 0 fully saturated rings. The highest BCUT2D eigenvalue weighted by Crippen LogP contribution is 2.30. The van der Waals surface area contributed by atoms with Crippen LogP contribution in [0.25, 0.3) is 11.3 Å². The van der Waals surface area contributed by atoms with Crippen molar-refractivity contribution in [1.82, 2.24) is 10.1 Å². The third-order valence-corrected chi connectivity index (χ3v) is 3.87. The van der Waals surface area contributed by atoms with Crippen molar-refractivity contribution in [3.63, 3.8) is 0 Å². The maximum Gasteiger partial charge on any atom is 0.191 e. The molecule has 3 aromatic rings. The van der Waals surface area contributed by atoms with Crippen molar-refractivity contribution in [3.8, 4) is 17.0 Å². The summed E-state index contributed by atoms with van der Waals surface area (Å²) in [5, 5.41) is 3.89. The van der Waals surface area contributed by atoms with Crippen LogP contribution in [0.3, 0.4) is 0 Å².